The summed E-state index contributed by atoms with van der Waals surface area (Å²) in [5.41, 5.74) is 1.52. The molecule has 0 aliphatic heterocycles. The lowest BCUT2D eigenvalue weighted by Crippen LogP contribution is -2.37. The van der Waals surface area contributed by atoms with Crippen LogP contribution in [0.2, 0.25) is 0 Å². The Kier molecular flexibility index (Phi) is 5.68. The van der Waals surface area contributed by atoms with Crippen LogP contribution in [0.3, 0.4) is 0 Å². The van der Waals surface area contributed by atoms with Gasteiger partial charge in [0.15, 0.2) is 0 Å². The zero-order chi connectivity index (χ0) is 13.4. The molecule has 1 aromatic carbocycles. The molecule has 0 fully saturated rings. The molecule has 1 rings (SSSR count). The number of likely N-dealkylation sites (N-methyl/N-ethyl adjacent to an activating group) is 2. The molecule has 5 heteroatoms. The second-order valence-corrected chi connectivity index (χ2v) is 3.93. The number of benzene rings is 1. The zero-order valence-electron chi connectivity index (χ0n) is 10.7. The molecule has 0 radical (unpaired) electrons. The van der Waals surface area contributed by atoms with Crippen molar-refractivity contribution < 1.29 is 4.79 Å². The minimum atomic E-state index is -0.0283. The van der Waals surface area contributed by atoms with Crippen molar-refractivity contribution in [3.63, 3.8) is 0 Å². The predicted octanol–water partition coefficient (Wildman–Crippen LogP) is 0.330. The minimum absolute atomic E-state index is 0.0283. The number of nitrogens with zero attached hydrogens (tertiary/aromatic N) is 2. The lowest BCUT2D eigenvalue weighted by atomic mass is 10.2. The van der Waals surface area contributed by atoms with Crippen molar-refractivity contribution in [1.82, 2.24) is 10.6 Å². The van der Waals surface area contributed by atoms with Gasteiger partial charge in [-0.05, 0) is 19.2 Å². The third-order valence-corrected chi connectivity index (χ3v) is 2.54. The Morgan fingerprint density at radius 2 is 2.17 bits per heavy atom. The molecule has 1 amide bonds. The molecule has 18 heavy (non-hydrogen) atoms. The molecule has 0 bridgehead atoms. The van der Waals surface area contributed by atoms with Gasteiger partial charge in [-0.3, -0.25) is 4.79 Å². The van der Waals surface area contributed by atoms with Crippen LogP contribution in [0.15, 0.2) is 24.3 Å². The van der Waals surface area contributed by atoms with E-state index in [0.717, 1.165) is 5.69 Å². The molecular formula is C13H18N4O. The summed E-state index contributed by atoms with van der Waals surface area (Å²) in [7, 11) is 3.63. The van der Waals surface area contributed by atoms with Crippen molar-refractivity contribution in [2.45, 2.75) is 0 Å². The van der Waals surface area contributed by atoms with E-state index in [1.54, 1.807) is 13.1 Å². The molecule has 0 spiro atoms. The number of carbonyl (C=O) groups excluding carboxylic acids is 1. The SMILES string of the molecule is CNCC(=O)NCCN(C)c1ccccc1C#N. The van der Waals surface area contributed by atoms with Crippen molar-refractivity contribution in [2.24, 2.45) is 0 Å². The Morgan fingerprint density at radius 3 is 2.83 bits per heavy atom. The molecule has 0 aromatic heterocycles. The van der Waals surface area contributed by atoms with Crippen LogP contribution in [-0.4, -0.2) is 39.6 Å². The first-order chi connectivity index (χ1) is 8.69. The van der Waals surface area contributed by atoms with Gasteiger partial charge in [0.25, 0.3) is 0 Å². The van der Waals surface area contributed by atoms with Crippen LogP contribution < -0.4 is 15.5 Å². The maximum Gasteiger partial charge on any atom is 0.234 e. The number of rotatable bonds is 6. The van der Waals surface area contributed by atoms with E-state index in [-0.39, 0.29) is 5.91 Å². The maximum atomic E-state index is 11.2. The Morgan fingerprint density at radius 1 is 1.44 bits per heavy atom. The highest BCUT2D eigenvalue weighted by Crippen LogP contribution is 2.17. The predicted molar refractivity (Wildman–Crippen MR) is 71.4 cm³/mol. The van der Waals surface area contributed by atoms with Crippen molar-refractivity contribution in [1.29, 1.82) is 5.26 Å². The molecule has 1 aromatic rings. The summed E-state index contributed by atoms with van der Waals surface area (Å²) in [6.07, 6.45) is 0. The smallest absolute Gasteiger partial charge is 0.234 e. The zero-order valence-corrected chi connectivity index (χ0v) is 10.7. The Balaban J connectivity index is 2.48. The second-order valence-electron chi connectivity index (χ2n) is 3.93. The molecule has 0 aliphatic rings. The average Bonchev–Trinajstić information content (AvgIpc) is 2.38. The van der Waals surface area contributed by atoms with Gasteiger partial charge in [0.2, 0.25) is 5.91 Å². The standard InChI is InChI=1S/C13H18N4O/c1-15-10-13(18)16-7-8-17(2)12-6-4-3-5-11(12)9-14/h3-6,15H,7-8,10H2,1-2H3,(H,16,18). The maximum absolute atomic E-state index is 11.2. The number of nitriles is 1. The quantitative estimate of drug-likeness (QED) is 0.759. The molecule has 2 N–H and O–H groups in total. The summed E-state index contributed by atoms with van der Waals surface area (Å²) in [5, 5.41) is 14.6. The van der Waals surface area contributed by atoms with Crippen LogP contribution in [0.5, 0.6) is 0 Å². The summed E-state index contributed by atoms with van der Waals surface area (Å²) in [6.45, 7) is 1.53. The molecule has 5 nitrogen and oxygen atoms in total. The molecule has 0 saturated heterocycles. The Bertz CT molecular complexity index is 439. The van der Waals surface area contributed by atoms with Gasteiger partial charge in [0, 0.05) is 20.1 Å². The van der Waals surface area contributed by atoms with Crippen LogP contribution in [-0.2, 0) is 4.79 Å². The highest BCUT2D eigenvalue weighted by atomic mass is 16.1. The van der Waals surface area contributed by atoms with E-state index < -0.39 is 0 Å². The Labute approximate surface area is 107 Å². The summed E-state index contributed by atoms with van der Waals surface area (Å²) < 4.78 is 0. The van der Waals surface area contributed by atoms with Gasteiger partial charge in [0.05, 0.1) is 17.8 Å². The van der Waals surface area contributed by atoms with E-state index in [2.05, 4.69) is 16.7 Å². The van der Waals surface area contributed by atoms with Gasteiger partial charge in [-0.2, -0.15) is 5.26 Å². The molecule has 0 atom stereocenters. The van der Waals surface area contributed by atoms with E-state index in [0.29, 0.717) is 25.2 Å². The highest BCUT2D eigenvalue weighted by molar-refractivity contribution is 5.77. The van der Waals surface area contributed by atoms with Gasteiger partial charge in [-0.15, -0.1) is 0 Å². The number of carbonyl (C=O) groups is 1. The number of hydrogen-bond acceptors (Lipinski definition) is 4. The van der Waals surface area contributed by atoms with E-state index in [4.69, 9.17) is 5.26 Å². The normalized spacial score (nSPS) is 9.61. The second kappa shape index (κ2) is 7.30. The van der Waals surface area contributed by atoms with Crippen molar-refractivity contribution in [3.8, 4) is 6.07 Å². The van der Waals surface area contributed by atoms with Gasteiger partial charge >= 0.3 is 0 Å². The van der Waals surface area contributed by atoms with Gasteiger partial charge < -0.3 is 15.5 Å². The number of anilines is 1. The summed E-state index contributed by atoms with van der Waals surface area (Å²) in [5.74, 6) is -0.0283. The van der Waals surface area contributed by atoms with Crippen LogP contribution >= 0.6 is 0 Å². The van der Waals surface area contributed by atoms with Crippen molar-refractivity contribution >= 4 is 11.6 Å². The molecular weight excluding hydrogens is 228 g/mol. The van der Waals surface area contributed by atoms with Gasteiger partial charge in [-0.25, -0.2) is 0 Å². The van der Waals surface area contributed by atoms with Crippen LogP contribution in [0.4, 0.5) is 5.69 Å². The monoisotopic (exact) mass is 246 g/mol. The first-order valence-electron chi connectivity index (χ1n) is 5.80. The van der Waals surface area contributed by atoms with Gasteiger partial charge in [0.1, 0.15) is 6.07 Å². The van der Waals surface area contributed by atoms with E-state index in [9.17, 15) is 4.79 Å². The van der Waals surface area contributed by atoms with E-state index in [1.165, 1.54) is 0 Å². The minimum Gasteiger partial charge on any atom is -0.372 e. The topological polar surface area (TPSA) is 68.2 Å². The molecule has 0 saturated carbocycles. The van der Waals surface area contributed by atoms with E-state index in [1.807, 2.05) is 30.1 Å². The van der Waals surface area contributed by atoms with Crippen LogP contribution in [0.25, 0.3) is 0 Å². The van der Waals surface area contributed by atoms with E-state index >= 15 is 0 Å². The lowest BCUT2D eigenvalue weighted by molar-refractivity contribution is -0.120. The molecule has 96 valence electrons. The molecule has 0 heterocycles. The number of hydrogen-bond donors (Lipinski definition) is 2. The highest BCUT2D eigenvalue weighted by Gasteiger charge is 2.06. The fourth-order valence-corrected chi connectivity index (χ4v) is 1.61. The fourth-order valence-electron chi connectivity index (χ4n) is 1.61. The molecule has 0 aliphatic carbocycles. The first kappa shape index (κ1) is 14.0. The lowest BCUT2D eigenvalue weighted by Gasteiger charge is -2.20. The van der Waals surface area contributed by atoms with Crippen LogP contribution in [0, 0.1) is 11.3 Å². The average molecular weight is 246 g/mol. The molecule has 0 unspecified atom stereocenters. The fraction of sp³-hybridized carbons (Fsp3) is 0.385. The third kappa shape index (κ3) is 4.07. The van der Waals surface area contributed by atoms with Crippen molar-refractivity contribution in [3.05, 3.63) is 29.8 Å². The summed E-state index contributed by atoms with van der Waals surface area (Å²) in [4.78, 5) is 13.2. The summed E-state index contributed by atoms with van der Waals surface area (Å²) in [6, 6.07) is 9.57. The summed E-state index contributed by atoms with van der Waals surface area (Å²) >= 11 is 0. The Hall–Kier alpha value is -2.06. The number of amides is 1. The first-order valence-corrected chi connectivity index (χ1v) is 5.80. The number of nitrogens with one attached hydrogen (secondary N) is 2. The van der Waals surface area contributed by atoms with Crippen molar-refractivity contribution in [2.75, 3.05) is 38.6 Å². The van der Waals surface area contributed by atoms with Gasteiger partial charge in [-0.1, -0.05) is 12.1 Å². The third-order valence-electron chi connectivity index (χ3n) is 2.54. The number of para-hydroxylation sites is 1. The van der Waals surface area contributed by atoms with Crippen LogP contribution in [0.1, 0.15) is 5.56 Å². The largest absolute Gasteiger partial charge is 0.372 e.